The second-order valence-electron chi connectivity index (χ2n) is 5.14. The number of aliphatic hydroxyl groups is 1. The van der Waals surface area contributed by atoms with Crippen molar-refractivity contribution < 1.29 is 19.9 Å². The zero-order valence-corrected chi connectivity index (χ0v) is 13.5. The van der Waals surface area contributed by atoms with E-state index in [1.54, 1.807) is 7.11 Å². The lowest BCUT2D eigenvalue weighted by Crippen LogP contribution is -2.83. The van der Waals surface area contributed by atoms with E-state index in [9.17, 15) is 0 Å². The summed E-state index contributed by atoms with van der Waals surface area (Å²) >= 11 is 3.59. The van der Waals surface area contributed by atoms with Gasteiger partial charge in [-0.25, -0.2) is 0 Å². The van der Waals surface area contributed by atoms with Crippen LogP contribution in [0.4, 0.5) is 0 Å². The number of halogens is 1. The van der Waals surface area contributed by atoms with E-state index in [4.69, 9.17) is 14.6 Å². The molecule has 1 aromatic carbocycles. The van der Waals surface area contributed by atoms with Crippen LogP contribution >= 0.6 is 15.9 Å². The fraction of sp³-hybridized carbons (Fsp3) is 0.600. The number of nitrogens with two attached hydrogens (primary N) is 1. The third-order valence-corrected chi connectivity index (χ3v) is 4.18. The van der Waals surface area contributed by atoms with Crippen molar-refractivity contribution in [2.75, 3.05) is 20.3 Å². The average Bonchev–Trinajstić information content (AvgIpc) is 2.94. The van der Waals surface area contributed by atoms with Crippen LogP contribution in [0.15, 0.2) is 16.6 Å². The minimum absolute atomic E-state index is 0.196. The lowest BCUT2D eigenvalue weighted by molar-refractivity contribution is -0.671. The van der Waals surface area contributed by atoms with E-state index in [0.717, 1.165) is 40.9 Å². The van der Waals surface area contributed by atoms with Crippen molar-refractivity contribution in [1.29, 1.82) is 0 Å². The molecule has 0 saturated heterocycles. The second-order valence-corrected chi connectivity index (χ2v) is 5.99. The van der Waals surface area contributed by atoms with E-state index in [1.165, 1.54) is 12.8 Å². The smallest absolute Gasteiger partial charge is 0.175 e. The predicted octanol–water partition coefficient (Wildman–Crippen LogP) is 1.83. The van der Waals surface area contributed by atoms with Crippen molar-refractivity contribution in [3.05, 3.63) is 22.2 Å². The highest BCUT2D eigenvalue weighted by Gasteiger charge is 2.20. The van der Waals surface area contributed by atoms with E-state index in [-0.39, 0.29) is 6.61 Å². The molecule has 0 aromatic heterocycles. The van der Waals surface area contributed by atoms with Crippen LogP contribution in [0.5, 0.6) is 11.5 Å². The molecule has 0 unspecified atom stereocenters. The van der Waals surface area contributed by atoms with E-state index in [2.05, 4.69) is 27.3 Å². The molecule has 1 saturated carbocycles. The van der Waals surface area contributed by atoms with Gasteiger partial charge in [-0.3, -0.25) is 0 Å². The number of hydrogen-bond donors (Lipinski definition) is 2. The van der Waals surface area contributed by atoms with Crippen molar-refractivity contribution in [3.63, 3.8) is 0 Å². The molecular formula is C15H23BrNO3+. The van der Waals surface area contributed by atoms with Crippen molar-refractivity contribution >= 4 is 15.9 Å². The van der Waals surface area contributed by atoms with E-state index < -0.39 is 0 Å². The van der Waals surface area contributed by atoms with Gasteiger partial charge < -0.3 is 19.9 Å². The Morgan fingerprint density at radius 2 is 2.10 bits per heavy atom. The maximum absolute atomic E-state index is 8.82. The summed E-state index contributed by atoms with van der Waals surface area (Å²) in [4.78, 5) is 0. The molecule has 1 aliphatic carbocycles. The highest BCUT2D eigenvalue weighted by atomic mass is 79.9. The van der Waals surface area contributed by atoms with Crippen LogP contribution in [-0.4, -0.2) is 31.5 Å². The quantitative estimate of drug-likeness (QED) is 0.742. The number of rotatable bonds is 7. The Morgan fingerprint density at radius 3 is 2.75 bits per heavy atom. The van der Waals surface area contributed by atoms with Gasteiger partial charge in [-0.05, 0) is 53.7 Å². The minimum atomic E-state index is 0.196. The van der Waals surface area contributed by atoms with Gasteiger partial charge in [0, 0.05) is 5.56 Å². The second kappa shape index (κ2) is 7.86. The molecule has 1 fully saturated rings. The molecule has 5 heteroatoms. The zero-order valence-electron chi connectivity index (χ0n) is 11.9. The molecule has 4 nitrogen and oxygen atoms in total. The highest BCUT2D eigenvalue weighted by molar-refractivity contribution is 9.10. The summed E-state index contributed by atoms with van der Waals surface area (Å²) in [6.07, 6.45) is 5.06. The first-order chi connectivity index (χ1) is 9.74. The summed E-state index contributed by atoms with van der Waals surface area (Å²) in [5, 5.41) is 10.9. The Morgan fingerprint density at radius 1 is 1.35 bits per heavy atom. The van der Waals surface area contributed by atoms with Gasteiger partial charge in [-0.15, -0.1) is 0 Å². The van der Waals surface area contributed by atoms with Gasteiger partial charge in [0.15, 0.2) is 11.5 Å². The standard InChI is InChI=1S/C15H22BrNO3/c1-19-14-9-11(10-17-6-7-18)8-13(16)15(14)20-12-4-2-3-5-12/h8-9,12,17-18H,2-7,10H2,1H3/p+1. The number of aliphatic hydroxyl groups excluding tert-OH is 1. The zero-order chi connectivity index (χ0) is 14.4. The Bertz CT molecular complexity index is 433. The third kappa shape index (κ3) is 4.11. The van der Waals surface area contributed by atoms with Gasteiger partial charge in [0.1, 0.15) is 6.54 Å². The van der Waals surface area contributed by atoms with Gasteiger partial charge in [-0.2, -0.15) is 0 Å². The van der Waals surface area contributed by atoms with Crippen molar-refractivity contribution in [2.24, 2.45) is 0 Å². The van der Waals surface area contributed by atoms with Crippen LogP contribution in [0.1, 0.15) is 31.2 Å². The Kier molecular flexibility index (Phi) is 6.13. The number of methoxy groups -OCH3 is 1. The number of benzene rings is 1. The van der Waals surface area contributed by atoms with Crippen LogP contribution in [0, 0.1) is 0 Å². The monoisotopic (exact) mass is 344 g/mol. The third-order valence-electron chi connectivity index (χ3n) is 3.59. The summed E-state index contributed by atoms with van der Waals surface area (Å²) in [6.45, 7) is 1.72. The van der Waals surface area contributed by atoms with Crippen LogP contribution in [0.25, 0.3) is 0 Å². The Hall–Kier alpha value is -0.780. The molecule has 0 spiro atoms. The molecule has 0 atom stereocenters. The number of ether oxygens (including phenoxy) is 2. The first-order valence-electron chi connectivity index (χ1n) is 7.20. The molecule has 112 valence electrons. The number of hydrogen-bond acceptors (Lipinski definition) is 3. The first-order valence-corrected chi connectivity index (χ1v) is 7.99. The lowest BCUT2D eigenvalue weighted by Gasteiger charge is -2.18. The maximum Gasteiger partial charge on any atom is 0.175 e. The lowest BCUT2D eigenvalue weighted by atomic mass is 10.2. The van der Waals surface area contributed by atoms with Gasteiger partial charge >= 0.3 is 0 Å². The predicted molar refractivity (Wildman–Crippen MR) is 81.2 cm³/mol. The SMILES string of the molecule is COc1cc(C[NH2+]CCO)cc(Br)c1OC1CCCC1. The molecule has 0 amide bonds. The topological polar surface area (TPSA) is 55.3 Å². The van der Waals surface area contributed by atoms with Gasteiger partial charge in [-0.1, -0.05) is 0 Å². The van der Waals surface area contributed by atoms with Crippen LogP contribution in [0.3, 0.4) is 0 Å². The molecule has 0 bridgehead atoms. The molecular weight excluding hydrogens is 322 g/mol. The summed E-state index contributed by atoms with van der Waals surface area (Å²) in [6, 6.07) is 4.09. The van der Waals surface area contributed by atoms with Gasteiger partial charge in [0.2, 0.25) is 0 Å². The molecule has 3 N–H and O–H groups in total. The van der Waals surface area contributed by atoms with E-state index in [0.29, 0.717) is 12.6 Å². The first kappa shape index (κ1) is 15.6. The molecule has 2 rings (SSSR count). The van der Waals surface area contributed by atoms with Gasteiger partial charge in [0.25, 0.3) is 0 Å². The van der Waals surface area contributed by atoms with E-state index in [1.807, 2.05) is 6.07 Å². The summed E-state index contributed by atoms with van der Waals surface area (Å²) < 4.78 is 12.5. The van der Waals surface area contributed by atoms with Crippen LogP contribution in [0.2, 0.25) is 0 Å². The molecule has 0 heterocycles. The molecule has 0 radical (unpaired) electrons. The van der Waals surface area contributed by atoms with Crippen LogP contribution in [-0.2, 0) is 6.54 Å². The Balaban J connectivity index is 2.10. The van der Waals surface area contributed by atoms with E-state index >= 15 is 0 Å². The highest BCUT2D eigenvalue weighted by Crippen LogP contribution is 2.38. The van der Waals surface area contributed by atoms with Crippen molar-refractivity contribution in [2.45, 2.75) is 38.3 Å². The van der Waals surface area contributed by atoms with Gasteiger partial charge in [0.05, 0.1) is 30.8 Å². The average molecular weight is 345 g/mol. The fourth-order valence-electron chi connectivity index (χ4n) is 2.54. The normalized spacial score (nSPS) is 15.6. The number of quaternary nitrogens is 1. The maximum atomic E-state index is 8.82. The summed E-state index contributed by atoms with van der Waals surface area (Å²) in [5.74, 6) is 1.59. The molecule has 1 aliphatic rings. The molecule has 0 aliphatic heterocycles. The summed E-state index contributed by atoms with van der Waals surface area (Å²) in [7, 11) is 1.67. The van der Waals surface area contributed by atoms with Crippen molar-refractivity contribution in [1.82, 2.24) is 0 Å². The summed E-state index contributed by atoms with van der Waals surface area (Å²) in [5.41, 5.74) is 1.15. The largest absolute Gasteiger partial charge is 0.493 e. The molecule has 20 heavy (non-hydrogen) atoms. The molecule has 1 aromatic rings. The fourth-order valence-corrected chi connectivity index (χ4v) is 3.12. The van der Waals surface area contributed by atoms with Crippen molar-refractivity contribution in [3.8, 4) is 11.5 Å². The van der Waals surface area contributed by atoms with Crippen LogP contribution < -0.4 is 14.8 Å². The minimum Gasteiger partial charge on any atom is -0.493 e. The Labute approximate surface area is 128 Å².